The van der Waals surface area contributed by atoms with Gasteiger partial charge in [-0.25, -0.2) is 0 Å². The normalized spacial score (nSPS) is 10.4. The number of hydrogen-bond donors (Lipinski definition) is 2. The number of nitrogens with two attached hydrogens (primary N) is 1. The largest absolute Gasteiger partial charge is 0.399 e. The van der Waals surface area contributed by atoms with Crippen LogP contribution in [-0.2, 0) is 0 Å². The molecule has 0 heterocycles. The van der Waals surface area contributed by atoms with Crippen molar-refractivity contribution in [2.24, 2.45) is 0 Å². The van der Waals surface area contributed by atoms with Crippen LogP contribution < -0.4 is 11.1 Å². The highest BCUT2D eigenvalue weighted by Gasteiger charge is 2.13. The number of carbonyl (C=O) groups is 1. The molecular weight excluding hydrogens is 384 g/mol. The van der Waals surface area contributed by atoms with Crippen LogP contribution in [0.3, 0.4) is 0 Å². The number of nitrogen functional groups attached to an aromatic ring is 1. The molecule has 104 valence electrons. The van der Waals surface area contributed by atoms with Gasteiger partial charge in [0.2, 0.25) is 0 Å². The molecule has 0 unspecified atom stereocenters. The number of amides is 1. The van der Waals surface area contributed by atoms with E-state index in [9.17, 15) is 4.79 Å². The summed E-state index contributed by atoms with van der Waals surface area (Å²) in [6.45, 7) is 3.85. The topological polar surface area (TPSA) is 55.1 Å². The Balaban J connectivity index is 2.35. The molecule has 0 spiro atoms. The Morgan fingerprint density at radius 1 is 1.10 bits per heavy atom. The van der Waals surface area contributed by atoms with Gasteiger partial charge in [0, 0.05) is 20.3 Å². The van der Waals surface area contributed by atoms with Gasteiger partial charge >= 0.3 is 0 Å². The summed E-state index contributed by atoms with van der Waals surface area (Å²) in [4.78, 5) is 12.4. The maximum atomic E-state index is 12.4. The van der Waals surface area contributed by atoms with Gasteiger partial charge in [-0.2, -0.15) is 0 Å². The van der Waals surface area contributed by atoms with Crippen LogP contribution in [0.4, 0.5) is 11.4 Å². The number of carbonyl (C=O) groups excluding carboxylic acids is 1. The third-order valence-corrected chi connectivity index (χ3v) is 4.15. The smallest absolute Gasteiger partial charge is 0.256 e. The van der Waals surface area contributed by atoms with Gasteiger partial charge in [0.15, 0.2) is 0 Å². The first-order chi connectivity index (χ1) is 9.38. The van der Waals surface area contributed by atoms with Gasteiger partial charge in [-0.15, -0.1) is 0 Å². The summed E-state index contributed by atoms with van der Waals surface area (Å²) in [6, 6.07) is 9.18. The Hall–Kier alpha value is -1.33. The first kappa shape index (κ1) is 15.1. The maximum absolute atomic E-state index is 12.4. The van der Waals surface area contributed by atoms with Crippen LogP contribution in [0.15, 0.2) is 39.3 Å². The molecule has 0 saturated carbocycles. The first-order valence-electron chi connectivity index (χ1n) is 6.01. The van der Waals surface area contributed by atoms with Crippen molar-refractivity contribution in [1.82, 2.24) is 0 Å². The van der Waals surface area contributed by atoms with Gasteiger partial charge in [0.05, 0.1) is 5.56 Å². The number of anilines is 2. The summed E-state index contributed by atoms with van der Waals surface area (Å²) in [5.74, 6) is -0.158. The molecule has 0 aliphatic rings. The van der Waals surface area contributed by atoms with Gasteiger partial charge in [-0.3, -0.25) is 4.79 Å². The van der Waals surface area contributed by atoms with Gasteiger partial charge in [0.1, 0.15) is 0 Å². The molecule has 0 saturated heterocycles. The van der Waals surface area contributed by atoms with E-state index in [-0.39, 0.29) is 5.91 Å². The molecule has 0 aliphatic carbocycles. The zero-order chi connectivity index (χ0) is 14.9. The SMILES string of the molecule is Cc1cc(N)cc(C)c1NC(=O)c1cc(Br)ccc1Br. The van der Waals surface area contributed by atoms with E-state index >= 15 is 0 Å². The fourth-order valence-corrected chi connectivity index (χ4v) is 2.83. The molecule has 2 aromatic rings. The predicted molar refractivity (Wildman–Crippen MR) is 90.1 cm³/mol. The van der Waals surface area contributed by atoms with Crippen LogP contribution >= 0.6 is 31.9 Å². The van der Waals surface area contributed by atoms with Crippen LogP contribution in [0, 0.1) is 13.8 Å². The van der Waals surface area contributed by atoms with Crippen molar-refractivity contribution in [1.29, 1.82) is 0 Å². The van der Waals surface area contributed by atoms with Crippen LogP contribution in [0.5, 0.6) is 0 Å². The lowest BCUT2D eigenvalue weighted by molar-refractivity contribution is 0.102. The number of benzene rings is 2. The molecule has 0 fully saturated rings. The number of rotatable bonds is 2. The molecule has 3 N–H and O–H groups in total. The van der Waals surface area contributed by atoms with E-state index < -0.39 is 0 Å². The minimum Gasteiger partial charge on any atom is -0.399 e. The molecule has 2 aromatic carbocycles. The summed E-state index contributed by atoms with van der Waals surface area (Å²) < 4.78 is 1.61. The van der Waals surface area contributed by atoms with Crippen molar-refractivity contribution in [2.45, 2.75) is 13.8 Å². The Labute approximate surface area is 134 Å². The second-order valence-corrected chi connectivity index (χ2v) is 6.38. The summed E-state index contributed by atoms with van der Waals surface area (Å²) in [7, 11) is 0. The average molecular weight is 398 g/mol. The highest BCUT2D eigenvalue weighted by atomic mass is 79.9. The number of halogens is 2. The molecule has 1 amide bonds. The quantitative estimate of drug-likeness (QED) is 0.723. The van der Waals surface area contributed by atoms with E-state index in [0.29, 0.717) is 11.3 Å². The number of hydrogen-bond acceptors (Lipinski definition) is 2. The Bertz CT molecular complexity index is 661. The molecule has 20 heavy (non-hydrogen) atoms. The predicted octanol–water partition coefficient (Wildman–Crippen LogP) is 4.66. The van der Waals surface area contributed by atoms with E-state index in [2.05, 4.69) is 37.2 Å². The van der Waals surface area contributed by atoms with Crippen molar-refractivity contribution >= 4 is 49.1 Å². The highest BCUT2D eigenvalue weighted by Crippen LogP contribution is 2.26. The van der Waals surface area contributed by atoms with Gasteiger partial charge in [-0.1, -0.05) is 15.9 Å². The molecule has 5 heteroatoms. The summed E-state index contributed by atoms with van der Waals surface area (Å²) in [6.07, 6.45) is 0. The number of nitrogens with one attached hydrogen (secondary N) is 1. The van der Waals surface area contributed by atoms with E-state index in [4.69, 9.17) is 5.73 Å². The van der Waals surface area contributed by atoms with Crippen LogP contribution in [0.1, 0.15) is 21.5 Å². The molecule has 3 nitrogen and oxygen atoms in total. The van der Waals surface area contributed by atoms with Gasteiger partial charge < -0.3 is 11.1 Å². The Morgan fingerprint density at radius 2 is 1.70 bits per heavy atom. The lowest BCUT2D eigenvalue weighted by Gasteiger charge is -2.13. The molecular formula is C15H14Br2N2O. The maximum Gasteiger partial charge on any atom is 0.256 e. The molecule has 0 radical (unpaired) electrons. The second kappa shape index (κ2) is 5.97. The summed E-state index contributed by atoms with van der Waals surface area (Å²) in [5, 5.41) is 2.94. The highest BCUT2D eigenvalue weighted by molar-refractivity contribution is 9.11. The fraction of sp³-hybridized carbons (Fsp3) is 0.133. The zero-order valence-electron chi connectivity index (χ0n) is 11.1. The summed E-state index contributed by atoms with van der Waals surface area (Å²) in [5.41, 5.74) is 9.76. The standard InChI is InChI=1S/C15H14Br2N2O/c1-8-5-11(18)6-9(2)14(8)19-15(20)12-7-10(16)3-4-13(12)17/h3-7H,18H2,1-2H3,(H,19,20). The first-order valence-corrected chi connectivity index (χ1v) is 7.60. The van der Waals surface area contributed by atoms with Gasteiger partial charge in [0.25, 0.3) is 5.91 Å². The molecule has 0 aromatic heterocycles. The molecule has 2 rings (SSSR count). The van der Waals surface area contributed by atoms with Gasteiger partial charge in [-0.05, 0) is 71.2 Å². The van der Waals surface area contributed by atoms with Crippen molar-refractivity contribution in [2.75, 3.05) is 11.1 Å². The Morgan fingerprint density at radius 3 is 2.30 bits per heavy atom. The van der Waals surface area contributed by atoms with E-state index in [1.165, 1.54) is 0 Å². The van der Waals surface area contributed by atoms with Crippen LogP contribution in [0.2, 0.25) is 0 Å². The second-order valence-electron chi connectivity index (χ2n) is 4.61. The third-order valence-electron chi connectivity index (χ3n) is 2.97. The Kier molecular flexibility index (Phi) is 4.50. The monoisotopic (exact) mass is 396 g/mol. The fourth-order valence-electron chi connectivity index (χ4n) is 2.05. The van der Waals surface area contributed by atoms with Crippen LogP contribution in [0.25, 0.3) is 0 Å². The minimum atomic E-state index is -0.158. The molecule has 0 atom stereocenters. The van der Waals surface area contributed by atoms with E-state index in [0.717, 1.165) is 25.8 Å². The lowest BCUT2D eigenvalue weighted by Crippen LogP contribution is -2.14. The van der Waals surface area contributed by atoms with E-state index in [1.54, 1.807) is 6.07 Å². The van der Waals surface area contributed by atoms with E-state index in [1.807, 2.05) is 38.1 Å². The van der Waals surface area contributed by atoms with Crippen LogP contribution in [-0.4, -0.2) is 5.91 Å². The molecule has 0 aliphatic heterocycles. The zero-order valence-corrected chi connectivity index (χ0v) is 14.3. The van der Waals surface area contributed by atoms with Crippen molar-refractivity contribution in [3.05, 3.63) is 56.0 Å². The molecule has 0 bridgehead atoms. The van der Waals surface area contributed by atoms with Crippen molar-refractivity contribution in [3.8, 4) is 0 Å². The minimum absolute atomic E-state index is 0.158. The number of aryl methyl sites for hydroxylation is 2. The van der Waals surface area contributed by atoms with Crippen molar-refractivity contribution < 1.29 is 4.79 Å². The van der Waals surface area contributed by atoms with Crippen molar-refractivity contribution in [3.63, 3.8) is 0 Å². The summed E-state index contributed by atoms with van der Waals surface area (Å²) >= 11 is 6.76. The lowest BCUT2D eigenvalue weighted by atomic mass is 10.1. The third kappa shape index (κ3) is 3.22. The average Bonchev–Trinajstić information content (AvgIpc) is 2.36.